The van der Waals surface area contributed by atoms with Crippen LogP contribution in [0.2, 0.25) is 0 Å². The lowest BCUT2D eigenvalue weighted by Crippen LogP contribution is -2.34. The van der Waals surface area contributed by atoms with Gasteiger partial charge in [-0.2, -0.15) is 0 Å². The van der Waals surface area contributed by atoms with Gasteiger partial charge in [0.25, 0.3) is 0 Å². The minimum Gasteiger partial charge on any atom is -0.497 e. The van der Waals surface area contributed by atoms with Gasteiger partial charge in [-0.15, -0.1) is 0 Å². The van der Waals surface area contributed by atoms with E-state index in [0.717, 1.165) is 5.56 Å². The Balaban J connectivity index is 1.71. The predicted octanol–water partition coefficient (Wildman–Crippen LogP) is 2.73. The van der Waals surface area contributed by atoms with Gasteiger partial charge in [-0.25, -0.2) is 0 Å². The largest absolute Gasteiger partial charge is 0.497 e. The second kappa shape index (κ2) is 9.59. The third kappa shape index (κ3) is 4.68. The molecule has 1 heterocycles. The molecule has 0 aliphatic carbocycles. The third-order valence-electron chi connectivity index (χ3n) is 5.40. The van der Waals surface area contributed by atoms with E-state index >= 15 is 0 Å². The fourth-order valence-corrected chi connectivity index (χ4v) is 3.76. The molecule has 8 heteroatoms. The number of carbonyl (C=O) groups is 2. The highest BCUT2D eigenvalue weighted by Crippen LogP contribution is 2.36. The van der Waals surface area contributed by atoms with Crippen LogP contribution in [-0.4, -0.2) is 58.7 Å². The molecule has 0 aromatic heterocycles. The van der Waals surface area contributed by atoms with Crippen LogP contribution in [0.1, 0.15) is 12.0 Å². The van der Waals surface area contributed by atoms with Crippen molar-refractivity contribution in [3.05, 3.63) is 42.0 Å². The Morgan fingerprint density at radius 1 is 0.968 bits per heavy atom. The molecule has 2 aromatic carbocycles. The van der Waals surface area contributed by atoms with E-state index in [4.69, 9.17) is 18.9 Å². The van der Waals surface area contributed by atoms with Gasteiger partial charge in [0, 0.05) is 32.6 Å². The Morgan fingerprint density at radius 2 is 1.68 bits per heavy atom. The zero-order valence-electron chi connectivity index (χ0n) is 18.5. The number of hydrogen-bond acceptors (Lipinski definition) is 6. The maximum atomic E-state index is 13.0. The molecule has 1 aliphatic rings. The van der Waals surface area contributed by atoms with E-state index in [1.54, 1.807) is 63.5 Å². The second-order valence-corrected chi connectivity index (χ2v) is 7.33. The maximum Gasteiger partial charge on any atom is 0.228 e. The standard InChI is InChI=1S/C23H28N2O6/c1-24(13-15-6-9-19(29-3)21(10-15)31-5)23(27)16-11-22(26)25(14-16)18-8-7-17(28-2)12-20(18)30-4/h6-10,12,16H,11,13-14H2,1-5H3. The summed E-state index contributed by atoms with van der Waals surface area (Å²) < 4.78 is 21.2. The monoisotopic (exact) mass is 428 g/mol. The highest BCUT2D eigenvalue weighted by atomic mass is 16.5. The van der Waals surface area contributed by atoms with Gasteiger partial charge in [-0.1, -0.05) is 6.07 Å². The third-order valence-corrected chi connectivity index (χ3v) is 5.40. The lowest BCUT2D eigenvalue weighted by atomic mass is 10.1. The summed E-state index contributed by atoms with van der Waals surface area (Å²) in [5.74, 6) is 1.78. The van der Waals surface area contributed by atoms with Crippen molar-refractivity contribution in [2.45, 2.75) is 13.0 Å². The molecule has 0 radical (unpaired) electrons. The van der Waals surface area contributed by atoms with Crippen molar-refractivity contribution < 1.29 is 28.5 Å². The fraction of sp³-hybridized carbons (Fsp3) is 0.391. The smallest absolute Gasteiger partial charge is 0.228 e. The predicted molar refractivity (Wildman–Crippen MR) is 116 cm³/mol. The van der Waals surface area contributed by atoms with Crippen molar-refractivity contribution in [3.63, 3.8) is 0 Å². The summed E-state index contributed by atoms with van der Waals surface area (Å²) in [5.41, 5.74) is 1.54. The molecule has 8 nitrogen and oxygen atoms in total. The van der Waals surface area contributed by atoms with Crippen LogP contribution in [0, 0.1) is 5.92 Å². The number of ether oxygens (including phenoxy) is 4. The molecule has 0 spiro atoms. The van der Waals surface area contributed by atoms with E-state index in [1.165, 1.54) is 0 Å². The van der Waals surface area contributed by atoms with Crippen molar-refractivity contribution in [1.82, 2.24) is 4.90 Å². The van der Waals surface area contributed by atoms with Gasteiger partial charge in [0.2, 0.25) is 11.8 Å². The Labute approximate surface area is 182 Å². The first-order chi connectivity index (χ1) is 14.9. The molecule has 1 fully saturated rings. The topological polar surface area (TPSA) is 77.5 Å². The number of amides is 2. The molecule has 1 saturated heterocycles. The van der Waals surface area contributed by atoms with Crippen LogP contribution in [0.3, 0.4) is 0 Å². The zero-order valence-corrected chi connectivity index (χ0v) is 18.5. The van der Waals surface area contributed by atoms with Gasteiger partial charge in [-0.05, 0) is 29.8 Å². The van der Waals surface area contributed by atoms with Crippen LogP contribution in [0.25, 0.3) is 0 Å². The van der Waals surface area contributed by atoms with E-state index in [2.05, 4.69) is 0 Å². The average molecular weight is 428 g/mol. The first kappa shape index (κ1) is 22.3. The molecular weight excluding hydrogens is 400 g/mol. The average Bonchev–Trinajstić information content (AvgIpc) is 3.18. The van der Waals surface area contributed by atoms with E-state index in [1.807, 2.05) is 18.2 Å². The van der Waals surface area contributed by atoms with Gasteiger partial charge in [0.15, 0.2) is 11.5 Å². The van der Waals surface area contributed by atoms with Gasteiger partial charge in [0.1, 0.15) is 11.5 Å². The van der Waals surface area contributed by atoms with Crippen LogP contribution in [0.4, 0.5) is 5.69 Å². The van der Waals surface area contributed by atoms with Crippen LogP contribution in [-0.2, 0) is 16.1 Å². The van der Waals surface area contributed by atoms with Crippen LogP contribution < -0.4 is 23.8 Å². The number of methoxy groups -OCH3 is 4. The molecular formula is C23H28N2O6. The molecule has 0 saturated carbocycles. The highest BCUT2D eigenvalue weighted by Gasteiger charge is 2.37. The first-order valence-corrected chi connectivity index (χ1v) is 9.90. The lowest BCUT2D eigenvalue weighted by molar-refractivity contribution is -0.135. The van der Waals surface area contributed by atoms with Crippen molar-refractivity contribution in [1.29, 1.82) is 0 Å². The van der Waals surface area contributed by atoms with Crippen molar-refractivity contribution >= 4 is 17.5 Å². The summed E-state index contributed by atoms with van der Waals surface area (Å²) in [6.45, 7) is 0.701. The van der Waals surface area contributed by atoms with Crippen molar-refractivity contribution in [2.75, 3.05) is 46.9 Å². The summed E-state index contributed by atoms with van der Waals surface area (Å²) in [6.07, 6.45) is 0.157. The zero-order chi connectivity index (χ0) is 22.5. The minimum absolute atomic E-state index is 0.0851. The number of nitrogens with zero attached hydrogens (tertiary/aromatic N) is 2. The number of carbonyl (C=O) groups excluding carboxylic acids is 2. The quantitative estimate of drug-likeness (QED) is 0.644. The molecule has 0 N–H and O–H groups in total. The first-order valence-electron chi connectivity index (χ1n) is 9.90. The summed E-state index contributed by atoms with van der Waals surface area (Å²) in [7, 11) is 7.99. The van der Waals surface area contributed by atoms with Crippen LogP contribution in [0.15, 0.2) is 36.4 Å². The molecule has 3 rings (SSSR count). The Bertz CT molecular complexity index is 961. The van der Waals surface area contributed by atoms with Gasteiger partial charge in [0.05, 0.1) is 40.0 Å². The highest BCUT2D eigenvalue weighted by molar-refractivity contribution is 6.01. The Kier molecular flexibility index (Phi) is 6.89. The number of rotatable bonds is 8. The van der Waals surface area contributed by atoms with Crippen molar-refractivity contribution in [3.8, 4) is 23.0 Å². The molecule has 1 atom stereocenters. The van der Waals surface area contributed by atoms with Gasteiger partial charge in [-0.3, -0.25) is 9.59 Å². The Hall–Kier alpha value is -3.42. The molecule has 31 heavy (non-hydrogen) atoms. The van der Waals surface area contributed by atoms with E-state index in [0.29, 0.717) is 41.8 Å². The van der Waals surface area contributed by atoms with Crippen LogP contribution in [0.5, 0.6) is 23.0 Å². The molecule has 1 unspecified atom stereocenters. The number of anilines is 1. The summed E-state index contributed by atoms with van der Waals surface area (Å²) >= 11 is 0. The molecule has 1 aliphatic heterocycles. The second-order valence-electron chi connectivity index (χ2n) is 7.33. The lowest BCUT2D eigenvalue weighted by Gasteiger charge is -2.23. The fourth-order valence-electron chi connectivity index (χ4n) is 3.76. The van der Waals surface area contributed by atoms with Crippen LogP contribution >= 0.6 is 0 Å². The van der Waals surface area contributed by atoms with E-state index in [-0.39, 0.29) is 18.2 Å². The molecule has 0 bridgehead atoms. The van der Waals surface area contributed by atoms with Gasteiger partial charge < -0.3 is 28.7 Å². The molecule has 2 amide bonds. The van der Waals surface area contributed by atoms with Crippen molar-refractivity contribution in [2.24, 2.45) is 5.92 Å². The van der Waals surface area contributed by atoms with E-state index < -0.39 is 5.92 Å². The molecule has 166 valence electrons. The summed E-state index contributed by atoms with van der Waals surface area (Å²) in [4.78, 5) is 29.0. The maximum absolute atomic E-state index is 13.0. The number of hydrogen-bond donors (Lipinski definition) is 0. The number of benzene rings is 2. The SMILES string of the molecule is COc1ccc(N2CC(C(=O)N(C)Cc3ccc(OC)c(OC)c3)CC2=O)c(OC)c1. The Morgan fingerprint density at radius 3 is 2.32 bits per heavy atom. The van der Waals surface area contributed by atoms with Gasteiger partial charge >= 0.3 is 0 Å². The minimum atomic E-state index is -0.426. The normalized spacial score (nSPS) is 15.6. The molecule has 2 aromatic rings. The summed E-state index contributed by atoms with van der Waals surface area (Å²) in [6, 6.07) is 10.8. The van der Waals surface area contributed by atoms with E-state index in [9.17, 15) is 9.59 Å². The summed E-state index contributed by atoms with van der Waals surface area (Å²) in [5, 5.41) is 0.